The zero-order valence-electron chi connectivity index (χ0n) is 9.75. The molecule has 19 heavy (non-hydrogen) atoms. The predicted molar refractivity (Wildman–Crippen MR) is 71.9 cm³/mol. The Labute approximate surface area is 118 Å². The van der Waals surface area contributed by atoms with Crippen LogP contribution in [-0.2, 0) is 0 Å². The average molecular weight is 300 g/mol. The molecule has 0 saturated carbocycles. The maximum absolute atomic E-state index is 13.2. The van der Waals surface area contributed by atoms with Gasteiger partial charge in [0, 0.05) is 0 Å². The number of aryl methyl sites for hydroxylation is 1. The first-order chi connectivity index (χ1) is 9.01. The van der Waals surface area contributed by atoms with Gasteiger partial charge in [-0.3, -0.25) is 4.79 Å². The van der Waals surface area contributed by atoms with E-state index in [-0.39, 0.29) is 16.5 Å². The molecule has 1 aromatic heterocycles. The SMILES string of the molecule is Cc1nc(Cl)c(C=O)c(Nc2cc(F)ccc2Cl)n1. The zero-order chi connectivity index (χ0) is 14.0. The Morgan fingerprint density at radius 1 is 1.32 bits per heavy atom. The number of carbonyl (C=O) groups is 1. The molecule has 0 radical (unpaired) electrons. The normalized spacial score (nSPS) is 10.3. The van der Waals surface area contributed by atoms with Gasteiger partial charge in [-0.2, -0.15) is 0 Å². The first-order valence-electron chi connectivity index (χ1n) is 5.22. The van der Waals surface area contributed by atoms with E-state index in [1.54, 1.807) is 6.92 Å². The number of hydrogen-bond donors (Lipinski definition) is 1. The van der Waals surface area contributed by atoms with E-state index in [1.807, 2.05) is 0 Å². The number of benzene rings is 1. The number of nitrogens with zero attached hydrogens (tertiary/aromatic N) is 2. The van der Waals surface area contributed by atoms with Crippen LogP contribution in [-0.4, -0.2) is 16.3 Å². The van der Waals surface area contributed by atoms with Crippen molar-refractivity contribution in [3.63, 3.8) is 0 Å². The van der Waals surface area contributed by atoms with E-state index in [4.69, 9.17) is 23.2 Å². The quantitative estimate of drug-likeness (QED) is 0.692. The van der Waals surface area contributed by atoms with Crippen molar-refractivity contribution in [2.45, 2.75) is 6.92 Å². The molecule has 7 heteroatoms. The first-order valence-corrected chi connectivity index (χ1v) is 5.98. The van der Waals surface area contributed by atoms with E-state index < -0.39 is 5.82 Å². The molecule has 1 N–H and O–H groups in total. The highest BCUT2D eigenvalue weighted by Gasteiger charge is 2.12. The van der Waals surface area contributed by atoms with E-state index in [0.29, 0.717) is 22.8 Å². The molecule has 0 aliphatic heterocycles. The lowest BCUT2D eigenvalue weighted by atomic mass is 10.2. The van der Waals surface area contributed by atoms with Gasteiger partial charge in [-0.25, -0.2) is 14.4 Å². The lowest BCUT2D eigenvalue weighted by Crippen LogP contribution is -2.03. The van der Waals surface area contributed by atoms with Crippen LogP contribution in [0, 0.1) is 12.7 Å². The molecular weight excluding hydrogens is 292 g/mol. The Bertz CT molecular complexity index is 649. The van der Waals surface area contributed by atoms with E-state index >= 15 is 0 Å². The second kappa shape index (κ2) is 5.50. The maximum Gasteiger partial charge on any atom is 0.156 e. The number of rotatable bonds is 3. The fourth-order valence-corrected chi connectivity index (χ4v) is 1.89. The summed E-state index contributed by atoms with van der Waals surface area (Å²) >= 11 is 11.8. The monoisotopic (exact) mass is 299 g/mol. The largest absolute Gasteiger partial charge is 0.338 e. The Balaban J connectivity index is 2.48. The zero-order valence-corrected chi connectivity index (χ0v) is 11.3. The van der Waals surface area contributed by atoms with Crippen LogP contribution >= 0.6 is 23.2 Å². The molecule has 0 fully saturated rings. The van der Waals surface area contributed by atoms with E-state index in [2.05, 4.69) is 15.3 Å². The number of nitrogens with one attached hydrogen (secondary N) is 1. The average Bonchev–Trinajstić information content (AvgIpc) is 2.33. The standard InChI is InChI=1S/C12H8Cl2FN3O/c1-6-16-11(14)8(5-19)12(17-6)18-10-4-7(15)2-3-9(10)13/h2-5H,1H3,(H,16,17,18). The van der Waals surface area contributed by atoms with Crippen LogP contribution < -0.4 is 5.32 Å². The van der Waals surface area contributed by atoms with Gasteiger partial charge in [-0.15, -0.1) is 0 Å². The predicted octanol–water partition coefficient (Wildman–Crippen LogP) is 3.79. The summed E-state index contributed by atoms with van der Waals surface area (Å²) in [7, 11) is 0. The number of aldehydes is 1. The highest BCUT2D eigenvalue weighted by molar-refractivity contribution is 6.33. The number of anilines is 2. The highest BCUT2D eigenvalue weighted by Crippen LogP contribution is 2.28. The minimum absolute atomic E-state index is 0.0255. The third-order valence-electron chi connectivity index (χ3n) is 2.31. The second-order valence-electron chi connectivity index (χ2n) is 3.69. The third-order valence-corrected chi connectivity index (χ3v) is 2.93. The number of aromatic nitrogens is 2. The van der Waals surface area contributed by atoms with Crippen LogP contribution in [0.2, 0.25) is 10.2 Å². The molecule has 0 amide bonds. The molecular formula is C12H8Cl2FN3O. The van der Waals surface area contributed by atoms with Gasteiger partial charge in [0.15, 0.2) is 6.29 Å². The van der Waals surface area contributed by atoms with Gasteiger partial charge in [0.05, 0.1) is 16.3 Å². The molecule has 0 spiro atoms. The fraction of sp³-hybridized carbons (Fsp3) is 0.0833. The molecule has 2 rings (SSSR count). The Hall–Kier alpha value is -1.72. The van der Waals surface area contributed by atoms with Gasteiger partial charge < -0.3 is 5.32 Å². The molecule has 0 aliphatic carbocycles. The molecule has 4 nitrogen and oxygen atoms in total. The molecule has 98 valence electrons. The lowest BCUT2D eigenvalue weighted by molar-refractivity contribution is 0.112. The van der Waals surface area contributed by atoms with Crippen LogP contribution in [0.4, 0.5) is 15.9 Å². The first kappa shape index (κ1) is 13.7. The van der Waals surface area contributed by atoms with Gasteiger partial charge in [-0.1, -0.05) is 23.2 Å². The fourth-order valence-electron chi connectivity index (χ4n) is 1.47. The minimum Gasteiger partial charge on any atom is -0.338 e. The molecule has 0 atom stereocenters. The molecule has 0 saturated heterocycles. The molecule has 0 unspecified atom stereocenters. The summed E-state index contributed by atoms with van der Waals surface area (Å²) in [6, 6.07) is 3.82. The van der Waals surface area contributed by atoms with Crippen molar-refractivity contribution in [1.29, 1.82) is 0 Å². The van der Waals surface area contributed by atoms with Crippen LogP contribution in [0.1, 0.15) is 16.2 Å². The van der Waals surface area contributed by atoms with E-state index in [0.717, 1.165) is 0 Å². The van der Waals surface area contributed by atoms with Crippen LogP contribution in [0.15, 0.2) is 18.2 Å². The number of halogens is 3. The van der Waals surface area contributed by atoms with Crippen LogP contribution in [0.3, 0.4) is 0 Å². The lowest BCUT2D eigenvalue weighted by Gasteiger charge is -2.10. The smallest absolute Gasteiger partial charge is 0.156 e. The van der Waals surface area contributed by atoms with Crippen molar-refractivity contribution >= 4 is 41.0 Å². The summed E-state index contributed by atoms with van der Waals surface area (Å²) in [5.74, 6) is 0.0991. The van der Waals surface area contributed by atoms with Crippen molar-refractivity contribution in [3.8, 4) is 0 Å². The highest BCUT2D eigenvalue weighted by atomic mass is 35.5. The van der Waals surface area contributed by atoms with Crippen molar-refractivity contribution in [3.05, 3.63) is 45.6 Å². The van der Waals surface area contributed by atoms with E-state index in [9.17, 15) is 9.18 Å². The summed E-state index contributed by atoms with van der Waals surface area (Å²) < 4.78 is 13.2. The Morgan fingerprint density at radius 2 is 2.05 bits per heavy atom. The molecule has 2 aromatic rings. The van der Waals surface area contributed by atoms with Gasteiger partial charge in [-0.05, 0) is 25.1 Å². The van der Waals surface area contributed by atoms with E-state index in [1.165, 1.54) is 18.2 Å². The summed E-state index contributed by atoms with van der Waals surface area (Å²) in [5.41, 5.74) is 0.381. The number of carbonyl (C=O) groups excluding carboxylic acids is 1. The summed E-state index contributed by atoms with van der Waals surface area (Å²) in [4.78, 5) is 18.9. The molecule has 1 aromatic carbocycles. The van der Waals surface area contributed by atoms with Crippen molar-refractivity contribution < 1.29 is 9.18 Å². The topological polar surface area (TPSA) is 54.9 Å². The van der Waals surface area contributed by atoms with Gasteiger partial charge in [0.2, 0.25) is 0 Å². The van der Waals surface area contributed by atoms with Crippen molar-refractivity contribution in [2.75, 3.05) is 5.32 Å². The number of hydrogen-bond acceptors (Lipinski definition) is 4. The Morgan fingerprint density at radius 3 is 2.74 bits per heavy atom. The summed E-state index contributed by atoms with van der Waals surface area (Å²) in [6.45, 7) is 1.62. The molecule has 1 heterocycles. The molecule has 0 aliphatic rings. The van der Waals surface area contributed by atoms with Gasteiger partial charge in [0.1, 0.15) is 22.6 Å². The minimum atomic E-state index is -0.462. The van der Waals surface area contributed by atoms with Crippen LogP contribution in [0.25, 0.3) is 0 Å². The van der Waals surface area contributed by atoms with Gasteiger partial charge in [0.25, 0.3) is 0 Å². The summed E-state index contributed by atoms with van der Waals surface area (Å²) in [5, 5.41) is 3.10. The van der Waals surface area contributed by atoms with Crippen molar-refractivity contribution in [2.24, 2.45) is 0 Å². The third kappa shape index (κ3) is 3.00. The van der Waals surface area contributed by atoms with Crippen LogP contribution in [0.5, 0.6) is 0 Å². The van der Waals surface area contributed by atoms with Crippen molar-refractivity contribution in [1.82, 2.24) is 9.97 Å². The Kier molecular flexibility index (Phi) is 3.97. The maximum atomic E-state index is 13.2. The summed E-state index contributed by atoms with van der Waals surface area (Å²) in [6.07, 6.45) is 0.525. The molecule has 0 bridgehead atoms. The second-order valence-corrected chi connectivity index (χ2v) is 4.46. The van der Waals surface area contributed by atoms with Gasteiger partial charge >= 0.3 is 0 Å².